The Balaban J connectivity index is 3.38. The molecule has 1 aliphatic rings. The van der Waals surface area contributed by atoms with Gasteiger partial charge in [-0.1, -0.05) is 24.6 Å². The Kier molecular flexibility index (Phi) is 9.78. The number of aliphatic hydroxyl groups excluding tert-OH is 2. The molecule has 0 fully saturated rings. The van der Waals surface area contributed by atoms with Gasteiger partial charge in [-0.3, -0.25) is 4.79 Å². The van der Waals surface area contributed by atoms with Crippen molar-refractivity contribution in [2.24, 2.45) is 5.41 Å². The lowest BCUT2D eigenvalue weighted by molar-refractivity contribution is -0.148. The average molecular weight is 451 g/mol. The van der Waals surface area contributed by atoms with Crippen LogP contribution in [0.25, 0.3) is 0 Å². The zero-order valence-corrected chi connectivity index (χ0v) is 20.0. The van der Waals surface area contributed by atoms with Gasteiger partial charge in [-0.25, -0.2) is 4.79 Å². The van der Waals surface area contributed by atoms with E-state index < -0.39 is 47.2 Å². The molecule has 180 valence electrons. The molecule has 0 saturated heterocycles. The van der Waals surface area contributed by atoms with Crippen LogP contribution in [0.3, 0.4) is 0 Å². The van der Waals surface area contributed by atoms with Crippen LogP contribution in [0.2, 0.25) is 0 Å². The van der Waals surface area contributed by atoms with Gasteiger partial charge in [-0.15, -0.1) is 0 Å². The van der Waals surface area contributed by atoms with Crippen LogP contribution < -0.4 is 0 Å². The van der Waals surface area contributed by atoms with E-state index in [-0.39, 0.29) is 12.0 Å². The standard InChI is InChI=1S/C25H38O7/c1-17(2)15-22(29)32-21-10-13-24(5,12-9-20(28)23(3,4)30)11-7-18(16-26)19(27)8-14-25(21,6)31/h7-8,10,13-15,20-21,26,28,30-31H,9,11-12,16H2,1-6H3/b13-10+,14-8+,18-7-/t20-,21-,24-,25-/m0/s1. The van der Waals surface area contributed by atoms with Crippen molar-refractivity contribution in [3.8, 4) is 0 Å². The topological polar surface area (TPSA) is 124 Å². The fourth-order valence-corrected chi connectivity index (χ4v) is 3.19. The van der Waals surface area contributed by atoms with Gasteiger partial charge in [0.25, 0.3) is 0 Å². The third kappa shape index (κ3) is 8.82. The van der Waals surface area contributed by atoms with Crippen LogP contribution >= 0.6 is 0 Å². The van der Waals surface area contributed by atoms with Gasteiger partial charge in [0.05, 0.1) is 18.3 Å². The summed E-state index contributed by atoms with van der Waals surface area (Å²) in [4.78, 5) is 24.7. The molecule has 4 N–H and O–H groups in total. The first-order valence-corrected chi connectivity index (χ1v) is 10.8. The number of ketones is 1. The first-order chi connectivity index (χ1) is 14.6. The SMILES string of the molecule is CC(C)=CC(=O)O[C@H]1/C=C/[C@](C)(CC[C@H](O)C(C)(C)O)C/C=C(/CO)C(=O)/C=C/[C@]1(C)O. The highest BCUT2D eigenvalue weighted by Gasteiger charge is 2.34. The smallest absolute Gasteiger partial charge is 0.331 e. The Morgan fingerprint density at radius 3 is 2.47 bits per heavy atom. The number of hydrogen-bond acceptors (Lipinski definition) is 7. The van der Waals surface area contributed by atoms with Gasteiger partial charge in [-0.2, -0.15) is 0 Å². The van der Waals surface area contributed by atoms with E-state index in [0.717, 1.165) is 5.57 Å². The van der Waals surface area contributed by atoms with Crippen molar-refractivity contribution < 1.29 is 34.8 Å². The highest BCUT2D eigenvalue weighted by atomic mass is 16.6. The van der Waals surface area contributed by atoms with Gasteiger partial charge in [0.2, 0.25) is 0 Å². The molecule has 0 spiro atoms. The Labute approximate surface area is 190 Å². The van der Waals surface area contributed by atoms with Crippen LogP contribution in [0.15, 0.2) is 47.6 Å². The quantitative estimate of drug-likeness (QED) is 0.267. The van der Waals surface area contributed by atoms with E-state index in [9.17, 15) is 30.0 Å². The van der Waals surface area contributed by atoms with Crippen molar-refractivity contribution >= 4 is 11.8 Å². The minimum Gasteiger partial charge on any atom is -0.452 e. The number of rotatable bonds is 7. The Bertz CT molecular complexity index is 792. The van der Waals surface area contributed by atoms with Gasteiger partial charge >= 0.3 is 5.97 Å². The fraction of sp³-hybridized carbons (Fsp3) is 0.600. The second-order valence-corrected chi connectivity index (χ2v) is 9.82. The van der Waals surface area contributed by atoms with Crippen LogP contribution in [0.1, 0.15) is 60.8 Å². The van der Waals surface area contributed by atoms with Crippen LogP contribution in [-0.4, -0.2) is 62.2 Å². The summed E-state index contributed by atoms with van der Waals surface area (Å²) in [5, 5.41) is 40.9. The molecule has 0 heterocycles. The van der Waals surface area contributed by atoms with E-state index in [1.807, 2.05) is 6.92 Å². The minimum absolute atomic E-state index is 0.180. The molecule has 0 aromatic heterocycles. The molecule has 0 aromatic carbocycles. The largest absolute Gasteiger partial charge is 0.452 e. The molecular weight excluding hydrogens is 412 g/mol. The minimum atomic E-state index is -1.68. The van der Waals surface area contributed by atoms with Gasteiger partial charge < -0.3 is 25.2 Å². The summed E-state index contributed by atoms with van der Waals surface area (Å²) in [7, 11) is 0. The molecule has 1 aliphatic carbocycles. The number of allylic oxidation sites excluding steroid dienone is 4. The molecular formula is C25H38O7. The third-order valence-electron chi connectivity index (χ3n) is 5.58. The van der Waals surface area contributed by atoms with Crippen LogP contribution in [0.5, 0.6) is 0 Å². The second-order valence-electron chi connectivity index (χ2n) is 9.82. The van der Waals surface area contributed by atoms with Gasteiger partial charge in [0.15, 0.2) is 11.9 Å². The maximum absolute atomic E-state index is 12.5. The lowest BCUT2D eigenvalue weighted by Gasteiger charge is -2.32. The number of ether oxygens (including phenoxy) is 1. The molecule has 32 heavy (non-hydrogen) atoms. The first kappa shape index (κ1) is 28.0. The normalized spacial score (nSPS) is 31.5. The predicted octanol–water partition coefficient (Wildman–Crippen LogP) is 2.54. The molecule has 4 atom stereocenters. The maximum Gasteiger partial charge on any atom is 0.331 e. The van der Waals surface area contributed by atoms with Crippen LogP contribution in [0.4, 0.5) is 0 Å². The molecule has 7 nitrogen and oxygen atoms in total. The van der Waals surface area contributed by atoms with Crippen molar-refractivity contribution in [3.05, 3.63) is 47.6 Å². The average Bonchev–Trinajstić information content (AvgIpc) is 2.67. The highest BCUT2D eigenvalue weighted by Crippen LogP contribution is 2.34. The van der Waals surface area contributed by atoms with Crippen LogP contribution in [0, 0.1) is 5.41 Å². The molecule has 0 radical (unpaired) electrons. The molecule has 0 amide bonds. The monoisotopic (exact) mass is 450 g/mol. The second kappa shape index (κ2) is 11.2. The van der Waals surface area contributed by atoms with Crippen LogP contribution in [-0.2, 0) is 14.3 Å². The van der Waals surface area contributed by atoms with Gasteiger partial charge in [-0.05, 0) is 77.5 Å². The Morgan fingerprint density at radius 1 is 1.31 bits per heavy atom. The molecule has 0 aromatic rings. The number of hydrogen-bond donors (Lipinski definition) is 4. The summed E-state index contributed by atoms with van der Waals surface area (Å²) in [5.41, 5.74) is -2.65. The highest BCUT2D eigenvalue weighted by molar-refractivity contribution is 6.04. The summed E-state index contributed by atoms with van der Waals surface area (Å²) in [6.45, 7) is 9.41. The van der Waals surface area contributed by atoms with E-state index in [1.165, 1.54) is 39.0 Å². The predicted molar refractivity (Wildman–Crippen MR) is 123 cm³/mol. The molecule has 1 rings (SSSR count). The van der Waals surface area contributed by atoms with E-state index in [0.29, 0.717) is 12.8 Å². The number of aliphatic hydroxyl groups is 4. The van der Waals surface area contributed by atoms with Crippen molar-refractivity contribution in [3.63, 3.8) is 0 Å². The lowest BCUT2D eigenvalue weighted by atomic mass is 9.78. The summed E-state index contributed by atoms with van der Waals surface area (Å²) in [6, 6.07) is 0. The molecule has 7 heteroatoms. The Hall–Kier alpha value is -2.06. The zero-order chi connectivity index (χ0) is 24.7. The van der Waals surface area contributed by atoms with Crippen molar-refractivity contribution in [1.29, 1.82) is 0 Å². The van der Waals surface area contributed by atoms with E-state index in [2.05, 4.69) is 0 Å². The fourth-order valence-electron chi connectivity index (χ4n) is 3.19. The zero-order valence-electron chi connectivity index (χ0n) is 20.0. The van der Waals surface area contributed by atoms with Crippen molar-refractivity contribution in [2.75, 3.05) is 6.61 Å². The van der Waals surface area contributed by atoms with E-state index in [1.54, 1.807) is 32.1 Å². The number of carbonyl (C=O) groups is 2. The van der Waals surface area contributed by atoms with Crippen molar-refractivity contribution in [2.45, 2.75) is 84.2 Å². The Morgan fingerprint density at radius 2 is 1.94 bits per heavy atom. The summed E-state index contributed by atoms with van der Waals surface area (Å²) in [5.74, 6) is -1.08. The summed E-state index contributed by atoms with van der Waals surface area (Å²) in [6.07, 6.45) is 7.75. The van der Waals surface area contributed by atoms with Crippen molar-refractivity contribution in [1.82, 2.24) is 0 Å². The summed E-state index contributed by atoms with van der Waals surface area (Å²) < 4.78 is 5.48. The maximum atomic E-state index is 12.5. The lowest BCUT2D eigenvalue weighted by Crippen LogP contribution is -2.40. The third-order valence-corrected chi connectivity index (χ3v) is 5.58. The first-order valence-electron chi connectivity index (χ1n) is 10.8. The molecule has 0 bridgehead atoms. The van der Waals surface area contributed by atoms with E-state index in [4.69, 9.17) is 4.74 Å². The molecule has 0 unspecified atom stereocenters. The van der Waals surface area contributed by atoms with E-state index >= 15 is 0 Å². The molecule has 0 aliphatic heterocycles. The number of carbonyl (C=O) groups excluding carboxylic acids is 2. The summed E-state index contributed by atoms with van der Waals surface area (Å²) >= 11 is 0. The van der Waals surface area contributed by atoms with Gasteiger partial charge in [0.1, 0.15) is 5.60 Å². The van der Waals surface area contributed by atoms with Gasteiger partial charge in [0, 0.05) is 11.6 Å². The number of esters is 1. The molecule has 0 saturated carbocycles.